The summed E-state index contributed by atoms with van der Waals surface area (Å²) in [6.45, 7) is 0.471. The molecule has 0 saturated carbocycles. The molecule has 2 aliphatic heterocycles. The fourth-order valence-electron chi connectivity index (χ4n) is 3.07. The van der Waals surface area contributed by atoms with Crippen molar-refractivity contribution in [2.45, 2.75) is 30.0 Å². The molecule has 0 aliphatic carbocycles. The number of ether oxygens (including phenoxy) is 2. The molecule has 0 amide bonds. The fourth-order valence-corrected chi connectivity index (χ4v) is 3.07. The van der Waals surface area contributed by atoms with E-state index in [-0.39, 0.29) is 12.2 Å². The fraction of sp³-hybridized carbons (Fsp3) is 0.333. The Labute approximate surface area is 128 Å². The number of aliphatic hydroxyl groups excluding tert-OH is 1. The van der Waals surface area contributed by atoms with Crippen molar-refractivity contribution in [3.8, 4) is 0 Å². The van der Waals surface area contributed by atoms with Crippen LogP contribution in [0.3, 0.4) is 0 Å². The summed E-state index contributed by atoms with van der Waals surface area (Å²) in [7, 11) is 0. The van der Waals surface area contributed by atoms with Crippen LogP contribution in [0.25, 0.3) is 0 Å². The maximum absolute atomic E-state index is 11.3. The van der Waals surface area contributed by atoms with Gasteiger partial charge in [-0.05, 0) is 11.1 Å². The van der Waals surface area contributed by atoms with E-state index >= 15 is 0 Å². The van der Waals surface area contributed by atoms with Gasteiger partial charge in [0.15, 0.2) is 0 Å². The van der Waals surface area contributed by atoms with Crippen molar-refractivity contribution >= 4 is 0 Å². The van der Waals surface area contributed by atoms with E-state index in [1.54, 1.807) is 0 Å². The van der Waals surface area contributed by atoms with Gasteiger partial charge in [-0.15, -0.1) is 0 Å². The van der Waals surface area contributed by atoms with E-state index in [4.69, 9.17) is 9.47 Å². The monoisotopic (exact) mass is 298 g/mol. The molecule has 4 nitrogen and oxygen atoms in total. The second kappa shape index (κ2) is 5.18. The van der Waals surface area contributed by atoms with E-state index in [2.05, 4.69) is 0 Å². The molecule has 2 N–H and O–H groups in total. The van der Waals surface area contributed by atoms with E-state index in [0.29, 0.717) is 12.2 Å². The van der Waals surface area contributed by atoms with Crippen LogP contribution in [0.1, 0.15) is 17.2 Å². The molecule has 5 atom stereocenters. The molecular weight excluding hydrogens is 280 g/mol. The van der Waals surface area contributed by atoms with Crippen LogP contribution in [0, 0.1) is 0 Å². The molecule has 2 aliphatic rings. The highest BCUT2D eigenvalue weighted by atomic mass is 16.6. The molecule has 4 heteroatoms. The third-order valence-corrected chi connectivity index (χ3v) is 4.45. The van der Waals surface area contributed by atoms with Crippen LogP contribution < -0.4 is 0 Å². The smallest absolute Gasteiger partial charge is 0.147 e. The van der Waals surface area contributed by atoms with Gasteiger partial charge >= 0.3 is 0 Å². The minimum absolute atomic E-state index is 0.209. The van der Waals surface area contributed by atoms with Gasteiger partial charge in [0.2, 0.25) is 0 Å². The predicted molar refractivity (Wildman–Crippen MR) is 80.1 cm³/mol. The normalized spacial score (nSPS) is 30.4. The summed E-state index contributed by atoms with van der Waals surface area (Å²) >= 11 is 0. The van der Waals surface area contributed by atoms with Gasteiger partial charge in [-0.25, -0.2) is 0 Å². The molecule has 2 aromatic rings. The second-order valence-corrected chi connectivity index (χ2v) is 5.90. The first kappa shape index (κ1) is 13.9. The van der Waals surface area contributed by atoms with Crippen molar-refractivity contribution in [1.82, 2.24) is 0 Å². The van der Waals surface area contributed by atoms with Gasteiger partial charge in [-0.3, -0.25) is 0 Å². The zero-order valence-electron chi connectivity index (χ0n) is 12.0. The molecule has 0 aromatic heterocycles. The zero-order valence-corrected chi connectivity index (χ0v) is 12.0. The highest BCUT2D eigenvalue weighted by Crippen LogP contribution is 2.51. The number of rotatable bonds is 5. The van der Waals surface area contributed by atoms with Crippen molar-refractivity contribution in [2.24, 2.45) is 0 Å². The molecule has 2 saturated heterocycles. The lowest BCUT2D eigenvalue weighted by Gasteiger charge is -2.31. The van der Waals surface area contributed by atoms with Crippen molar-refractivity contribution in [3.63, 3.8) is 0 Å². The zero-order chi connectivity index (χ0) is 15.2. The predicted octanol–water partition coefficient (Wildman–Crippen LogP) is 1.77. The minimum atomic E-state index is -1.47. The van der Waals surface area contributed by atoms with Crippen LogP contribution >= 0.6 is 0 Å². The lowest BCUT2D eigenvalue weighted by atomic mass is 9.81. The standard InChI is InChI=1S/C18H18O4/c19-16(14-11-21-14)18(20,13-9-5-2-6-10-13)17-15(22-17)12-7-3-1-4-8-12/h1-10,14-17,19-20H,11H2. The number of hydrogen-bond donors (Lipinski definition) is 2. The van der Waals surface area contributed by atoms with Crippen LogP contribution in [0.5, 0.6) is 0 Å². The Morgan fingerprint density at radius 1 is 1.00 bits per heavy atom. The molecule has 4 rings (SSSR count). The lowest BCUT2D eigenvalue weighted by molar-refractivity contribution is -0.106. The molecule has 0 spiro atoms. The highest BCUT2D eigenvalue weighted by Gasteiger charge is 2.62. The summed E-state index contributed by atoms with van der Waals surface area (Å²) in [5.74, 6) is 0. The molecule has 114 valence electrons. The Hall–Kier alpha value is -1.72. The highest BCUT2D eigenvalue weighted by molar-refractivity contribution is 5.33. The molecule has 0 radical (unpaired) electrons. The first-order valence-corrected chi connectivity index (χ1v) is 7.49. The summed E-state index contributed by atoms with van der Waals surface area (Å²) in [4.78, 5) is 0. The molecular formula is C18H18O4. The Bertz CT molecular complexity index is 641. The maximum Gasteiger partial charge on any atom is 0.147 e. The van der Waals surface area contributed by atoms with Crippen molar-refractivity contribution in [1.29, 1.82) is 0 Å². The van der Waals surface area contributed by atoms with Crippen molar-refractivity contribution in [2.75, 3.05) is 6.61 Å². The topological polar surface area (TPSA) is 65.5 Å². The lowest BCUT2D eigenvalue weighted by Crippen LogP contribution is -2.47. The summed E-state index contributed by atoms with van der Waals surface area (Å²) in [6.07, 6.45) is -2.02. The summed E-state index contributed by atoms with van der Waals surface area (Å²) in [6, 6.07) is 19.0. The van der Waals surface area contributed by atoms with Gasteiger partial charge in [0, 0.05) is 0 Å². The second-order valence-electron chi connectivity index (χ2n) is 5.90. The Morgan fingerprint density at radius 3 is 2.18 bits per heavy atom. The first-order chi connectivity index (χ1) is 10.7. The number of aliphatic hydroxyl groups is 2. The molecule has 22 heavy (non-hydrogen) atoms. The quantitative estimate of drug-likeness (QED) is 0.826. The average Bonchev–Trinajstić information content (AvgIpc) is 3.48. The summed E-state index contributed by atoms with van der Waals surface area (Å²) < 4.78 is 10.9. The van der Waals surface area contributed by atoms with Gasteiger partial charge in [-0.1, -0.05) is 60.7 Å². The van der Waals surface area contributed by atoms with Crippen molar-refractivity contribution < 1.29 is 19.7 Å². The summed E-state index contributed by atoms with van der Waals surface area (Å²) in [5, 5.41) is 21.9. The third-order valence-electron chi connectivity index (χ3n) is 4.45. The maximum atomic E-state index is 11.3. The number of hydrogen-bond acceptors (Lipinski definition) is 4. The number of epoxide rings is 2. The largest absolute Gasteiger partial charge is 0.387 e. The van der Waals surface area contributed by atoms with E-state index < -0.39 is 17.8 Å². The Balaban J connectivity index is 1.67. The minimum Gasteiger partial charge on any atom is -0.387 e. The van der Waals surface area contributed by atoms with Crippen LogP contribution in [-0.4, -0.2) is 35.1 Å². The van der Waals surface area contributed by atoms with Gasteiger partial charge in [0.1, 0.15) is 30.0 Å². The van der Waals surface area contributed by atoms with E-state index in [1.165, 1.54) is 0 Å². The average molecular weight is 298 g/mol. The molecule has 5 unspecified atom stereocenters. The van der Waals surface area contributed by atoms with Crippen LogP contribution in [0.2, 0.25) is 0 Å². The third kappa shape index (κ3) is 2.25. The summed E-state index contributed by atoms with van der Waals surface area (Å²) in [5.41, 5.74) is 0.190. The number of benzene rings is 2. The van der Waals surface area contributed by atoms with Crippen LogP contribution in [-0.2, 0) is 15.1 Å². The SMILES string of the molecule is OC(C1CO1)C(O)(c1ccccc1)C1OC1c1ccccc1. The Kier molecular flexibility index (Phi) is 3.27. The van der Waals surface area contributed by atoms with Gasteiger partial charge in [0.05, 0.1) is 6.61 Å². The van der Waals surface area contributed by atoms with E-state index in [1.807, 2.05) is 60.7 Å². The molecule has 2 aromatic carbocycles. The van der Waals surface area contributed by atoms with Crippen LogP contribution in [0.15, 0.2) is 60.7 Å². The van der Waals surface area contributed by atoms with Crippen molar-refractivity contribution in [3.05, 3.63) is 71.8 Å². The molecule has 2 heterocycles. The van der Waals surface area contributed by atoms with Crippen LogP contribution in [0.4, 0.5) is 0 Å². The van der Waals surface area contributed by atoms with E-state index in [0.717, 1.165) is 5.56 Å². The first-order valence-electron chi connectivity index (χ1n) is 7.49. The molecule has 2 fully saturated rings. The van der Waals surface area contributed by atoms with Gasteiger partial charge < -0.3 is 19.7 Å². The van der Waals surface area contributed by atoms with Gasteiger partial charge in [-0.2, -0.15) is 0 Å². The van der Waals surface area contributed by atoms with E-state index in [9.17, 15) is 10.2 Å². The Morgan fingerprint density at radius 2 is 1.59 bits per heavy atom. The van der Waals surface area contributed by atoms with Gasteiger partial charge in [0.25, 0.3) is 0 Å². The molecule has 0 bridgehead atoms.